The second-order valence-electron chi connectivity index (χ2n) is 5.74. The predicted molar refractivity (Wildman–Crippen MR) is 89.7 cm³/mol. The number of imidazole rings is 1. The van der Waals surface area contributed by atoms with Crippen LogP contribution < -0.4 is 109 Å². The molecule has 2 unspecified atom stereocenters. The minimum atomic E-state index is -5.86. The molecule has 0 aromatic carbocycles. The number of thioether (sulfide) groups is 1. The second-order valence-corrected chi connectivity index (χ2v) is 9.21. The summed E-state index contributed by atoms with van der Waals surface area (Å²) in [6.07, 6.45) is -2.93. The molecule has 0 amide bonds. The molecule has 0 saturated carbocycles. The van der Waals surface area contributed by atoms with Gasteiger partial charge in [-0.15, -0.1) is 0 Å². The maximum atomic E-state index is 11.3. The number of aromatic nitrogens is 4. The second kappa shape index (κ2) is 13.4. The van der Waals surface area contributed by atoms with Crippen molar-refractivity contribution in [3.63, 3.8) is 0 Å². The van der Waals surface area contributed by atoms with Gasteiger partial charge >= 0.3 is 88.7 Å². The maximum absolute atomic E-state index is 11.3. The average Bonchev–Trinajstić information content (AvgIpc) is 3.13. The van der Waals surface area contributed by atoms with Crippen molar-refractivity contribution in [3.8, 4) is 0 Å². The van der Waals surface area contributed by atoms with Crippen LogP contribution in [0.5, 0.6) is 0 Å². The molecule has 3 rings (SSSR count). The first-order chi connectivity index (χ1) is 13.4. The van der Waals surface area contributed by atoms with Crippen LogP contribution in [-0.4, -0.2) is 60.9 Å². The Morgan fingerprint density at radius 1 is 1.22 bits per heavy atom. The van der Waals surface area contributed by atoms with Gasteiger partial charge in [-0.1, -0.05) is 11.8 Å². The van der Waals surface area contributed by atoms with Crippen molar-refractivity contribution in [2.75, 3.05) is 18.6 Å². The zero-order valence-electron chi connectivity index (χ0n) is 17.4. The molecule has 0 radical (unpaired) electrons. The topological polar surface area (TPSA) is 241 Å². The van der Waals surface area contributed by atoms with Gasteiger partial charge in [0.2, 0.25) is 0 Å². The molecule has 2 aromatic rings. The fourth-order valence-electron chi connectivity index (χ4n) is 2.60. The zero-order chi connectivity index (χ0) is 21.6. The number of ether oxygens (including phenoxy) is 1. The summed E-state index contributed by atoms with van der Waals surface area (Å²) >= 11 is 1.20. The first-order valence-electron chi connectivity index (χ1n) is 7.66. The molecule has 0 bridgehead atoms. The number of anilines is 1. The van der Waals surface area contributed by atoms with E-state index in [4.69, 9.17) is 10.5 Å². The largest absolute Gasteiger partial charge is 1.00 e. The summed E-state index contributed by atoms with van der Waals surface area (Å²) in [7, 11) is -11.4. The van der Waals surface area contributed by atoms with Gasteiger partial charge in [0.25, 0.3) is 7.82 Å². The van der Waals surface area contributed by atoms with Crippen LogP contribution in [0.15, 0.2) is 11.5 Å². The van der Waals surface area contributed by atoms with Gasteiger partial charge < -0.3 is 44.5 Å². The van der Waals surface area contributed by atoms with E-state index in [2.05, 4.69) is 23.8 Å². The first kappa shape index (κ1) is 33.8. The number of aliphatic hydroxyl groups excluding tert-OH is 2. The normalized spacial score (nSPS) is 24.8. The van der Waals surface area contributed by atoms with Gasteiger partial charge in [0, 0.05) is 0 Å². The molecule has 1 aliphatic rings. The van der Waals surface area contributed by atoms with Crippen molar-refractivity contribution >= 4 is 44.4 Å². The standard InChI is InChI=1S/C11H17N5O10P2S.3Na/c1-29-11-14-8(12)5-9(15-11)16(3-13-5)10-7(18)6(17)4(25-10)2-24-28(22,23)26-27(19,20)21;;;/h3-4,6-7,10,17-18H,2H2,1H3,(H,22,23)(H2,12,14,15)(H2,19,20,21);;;/q;3*+1/p-3/t4-,6+,7?,10-;;;/m1.../s1. The third kappa shape index (κ3) is 8.18. The van der Waals surface area contributed by atoms with Gasteiger partial charge in [0.05, 0.1) is 20.8 Å². The number of nitrogens with two attached hydrogens (primary N) is 1. The number of phosphoric acid groups is 2. The summed E-state index contributed by atoms with van der Waals surface area (Å²) in [5.74, 6) is 0.0788. The van der Waals surface area contributed by atoms with E-state index in [1.54, 1.807) is 6.26 Å². The molecule has 162 valence electrons. The molecule has 21 heteroatoms. The minimum Gasteiger partial charge on any atom is -0.790 e. The van der Waals surface area contributed by atoms with Crippen LogP contribution in [0, 0.1) is 0 Å². The van der Waals surface area contributed by atoms with Crippen LogP contribution in [0.25, 0.3) is 11.2 Å². The minimum absolute atomic E-state index is 0. The van der Waals surface area contributed by atoms with E-state index < -0.39 is 46.8 Å². The number of aliphatic hydroxyl groups is 2. The summed E-state index contributed by atoms with van der Waals surface area (Å²) in [5.41, 5.74) is 6.22. The molecule has 2 aromatic heterocycles. The van der Waals surface area contributed by atoms with Crippen LogP contribution in [0.1, 0.15) is 6.23 Å². The Morgan fingerprint density at radius 3 is 2.41 bits per heavy atom. The molecule has 32 heavy (non-hydrogen) atoms. The SMILES string of the molecule is CSc1nc(N)c2ncn([C@@H]3O[C@H](COP(=O)([O-])OP(=O)([O-])[O-])[C@H](O)C3O)c2n1.[Na+].[Na+].[Na+]. The van der Waals surface area contributed by atoms with Crippen molar-refractivity contribution in [2.24, 2.45) is 0 Å². The summed E-state index contributed by atoms with van der Waals surface area (Å²) in [6, 6.07) is 0. The van der Waals surface area contributed by atoms with Crippen LogP contribution >= 0.6 is 27.4 Å². The van der Waals surface area contributed by atoms with Gasteiger partial charge in [-0.3, -0.25) is 13.4 Å². The Labute approximate surface area is 251 Å². The van der Waals surface area contributed by atoms with Gasteiger partial charge in [0.1, 0.15) is 23.8 Å². The molecule has 15 nitrogen and oxygen atoms in total. The third-order valence-electron chi connectivity index (χ3n) is 3.82. The predicted octanol–water partition coefficient (Wildman–Crippen LogP) is -11.9. The quantitative estimate of drug-likeness (QED) is 0.128. The molecule has 5 atom stereocenters. The fourth-order valence-corrected chi connectivity index (χ4v) is 4.47. The summed E-state index contributed by atoms with van der Waals surface area (Å²) < 4.78 is 36.0. The summed E-state index contributed by atoms with van der Waals surface area (Å²) in [5, 5.41) is 20.7. The number of nitrogens with zero attached hydrogens (tertiary/aromatic N) is 4. The van der Waals surface area contributed by atoms with E-state index in [1.165, 1.54) is 22.7 Å². The van der Waals surface area contributed by atoms with Crippen LogP contribution in [0.4, 0.5) is 5.82 Å². The van der Waals surface area contributed by atoms with Gasteiger partial charge in [0.15, 0.2) is 22.8 Å². The van der Waals surface area contributed by atoms with E-state index >= 15 is 0 Å². The Kier molecular flexibility index (Phi) is 14.2. The van der Waals surface area contributed by atoms with Crippen molar-refractivity contribution in [3.05, 3.63) is 6.33 Å². The van der Waals surface area contributed by atoms with E-state index in [1.807, 2.05) is 0 Å². The molecule has 1 aliphatic heterocycles. The fraction of sp³-hybridized carbons (Fsp3) is 0.545. The molecular weight excluding hydrogens is 525 g/mol. The Morgan fingerprint density at radius 2 is 1.84 bits per heavy atom. The van der Waals surface area contributed by atoms with Gasteiger partial charge in [-0.2, -0.15) is 0 Å². The monoisotopic (exact) mass is 539 g/mol. The number of nitrogen functional groups attached to an aromatic ring is 1. The van der Waals surface area contributed by atoms with Crippen LogP contribution in [0.2, 0.25) is 0 Å². The maximum Gasteiger partial charge on any atom is 1.00 e. The number of fused-ring (bicyclic) bond motifs is 1. The molecular formula is C11H14N5Na3O10P2S. The number of phosphoric ester groups is 1. The van der Waals surface area contributed by atoms with E-state index in [0.29, 0.717) is 5.16 Å². The smallest absolute Gasteiger partial charge is 0.790 e. The molecule has 4 N–H and O–H groups in total. The van der Waals surface area contributed by atoms with Crippen molar-refractivity contribution in [1.82, 2.24) is 19.5 Å². The molecule has 1 saturated heterocycles. The van der Waals surface area contributed by atoms with Crippen LogP contribution in [0.3, 0.4) is 0 Å². The third-order valence-corrected chi connectivity index (χ3v) is 6.43. The van der Waals surface area contributed by atoms with Crippen LogP contribution in [-0.2, 0) is 22.7 Å². The van der Waals surface area contributed by atoms with Crippen molar-refractivity contribution < 1.29 is 136 Å². The Bertz CT molecular complexity index is 1010. The molecule has 3 heterocycles. The number of hydrogen-bond donors (Lipinski definition) is 3. The Hall–Kier alpha value is 1.84. The first-order valence-corrected chi connectivity index (χ1v) is 11.8. The summed E-state index contributed by atoms with van der Waals surface area (Å²) in [4.78, 5) is 44.5. The molecule has 0 aliphatic carbocycles. The molecule has 0 spiro atoms. The van der Waals surface area contributed by atoms with Gasteiger partial charge in [-0.05, 0) is 6.26 Å². The number of rotatable bonds is 7. The van der Waals surface area contributed by atoms with E-state index in [0.717, 1.165) is 0 Å². The van der Waals surface area contributed by atoms with E-state index in [9.17, 15) is 34.0 Å². The average molecular weight is 539 g/mol. The van der Waals surface area contributed by atoms with Gasteiger partial charge in [-0.25, -0.2) is 15.0 Å². The van der Waals surface area contributed by atoms with E-state index in [-0.39, 0.29) is 106 Å². The summed E-state index contributed by atoms with van der Waals surface area (Å²) in [6.45, 7) is -0.935. The van der Waals surface area contributed by atoms with Crippen molar-refractivity contribution in [1.29, 1.82) is 0 Å². The van der Waals surface area contributed by atoms with Crippen molar-refractivity contribution in [2.45, 2.75) is 29.7 Å². The molecule has 1 fully saturated rings. The zero-order valence-corrected chi connectivity index (χ0v) is 26.0. The number of hydrogen-bond acceptors (Lipinski definition) is 15. The Balaban J connectivity index is 0.00000320.